The van der Waals surface area contributed by atoms with Gasteiger partial charge in [0.1, 0.15) is 5.75 Å². The first-order valence-electron chi connectivity index (χ1n) is 8.14. The summed E-state index contributed by atoms with van der Waals surface area (Å²) in [5.41, 5.74) is 3.51. The second kappa shape index (κ2) is 8.37. The fourth-order valence-electron chi connectivity index (χ4n) is 2.62. The Kier molecular flexibility index (Phi) is 6.21. The molecule has 0 spiro atoms. The van der Waals surface area contributed by atoms with Gasteiger partial charge in [-0.15, -0.1) is 0 Å². The molecule has 1 N–H and O–H groups in total. The second-order valence-electron chi connectivity index (χ2n) is 5.70. The minimum absolute atomic E-state index is 0.0583. The number of ether oxygens (including phenoxy) is 1. The van der Waals surface area contributed by atoms with Crippen LogP contribution in [0.25, 0.3) is 0 Å². The number of nitrogens with one attached hydrogen (secondary N) is 1. The predicted octanol–water partition coefficient (Wildman–Crippen LogP) is 4.07. The van der Waals surface area contributed by atoms with Crippen LogP contribution in [0, 0.1) is 0 Å². The van der Waals surface area contributed by atoms with Crippen molar-refractivity contribution in [2.75, 3.05) is 7.11 Å². The molecule has 0 aromatic heterocycles. The van der Waals surface area contributed by atoms with Gasteiger partial charge in [-0.3, -0.25) is 4.79 Å². The highest BCUT2D eigenvalue weighted by atomic mass is 16.5. The smallest absolute Gasteiger partial charge is 0.220 e. The lowest BCUT2D eigenvalue weighted by atomic mass is 10.0. The number of benzene rings is 2. The van der Waals surface area contributed by atoms with Crippen LogP contribution < -0.4 is 10.1 Å². The van der Waals surface area contributed by atoms with Gasteiger partial charge in [-0.25, -0.2) is 0 Å². The molecule has 0 fully saturated rings. The van der Waals surface area contributed by atoms with E-state index < -0.39 is 0 Å². The summed E-state index contributed by atoms with van der Waals surface area (Å²) in [6.07, 6.45) is 2.29. The zero-order valence-electron chi connectivity index (χ0n) is 14.1. The molecular formula is C20H25NO2. The topological polar surface area (TPSA) is 38.3 Å². The summed E-state index contributed by atoms with van der Waals surface area (Å²) in [6, 6.07) is 16.2. The first-order valence-corrected chi connectivity index (χ1v) is 8.14. The van der Waals surface area contributed by atoms with Gasteiger partial charge in [-0.2, -0.15) is 0 Å². The molecule has 23 heavy (non-hydrogen) atoms. The fourth-order valence-corrected chi connectivity index (χ4v) is 2.62. The second-order valence-corrected chi connectivity index (χ2v) is 5.70. The van der Waals surface area contributed by atoms with E-state index in [0.29, 0.717) is 6.42 Å². The normalized spacial score (nSPS) is 11.8. The summed E-state index contributed by atoms with van der Waals surface area (Å²) in [5, 5.41) is 3.04. The van der Waals surface area contributed by atoms with Gasteiger partial charge >= 0.3 is 0 Å². The average Bonchev–Trinajstić information content (AvgIpc) is 2.60. The highest BCUT2D eigenvalue weighted by Crippen LogP contribution is 2.24. The number of rotatable bonds is 7. The molecule has 0 aliphatic rings. The molecule has 2 aromatic rings. The average molecular weight is 311 g/mol. The van der Waals surface area contributed by atoms with E-state index in [0.717, 1.165) is 24.2 Å². The number of aryl methyl sites for hydroxylation is 2. The van der Waals surface area contributed by atoms with Gasteiger partial charge in [0.25, 0.3) is 0 Å². The Morgan fingerprint density at radius 2 is 1.74 bits per heavy atom. The number of carbonyl (C=O) groups is 1. The number of methoxy groups -OCH3 is 1. The van der Waals surface area contributed by atoms with Gasteiger partial charge in [-0.05, 0) is 37.0 Å². The lowest BCUT2D eigenvalue weighted by Gasteiger charge is -2.17. The molecule has 0 saturated carbocycles. The van der Waals surface area contributed by atoms with E-state index in [1.54, 1.807) is 7.11 Å². The first-order chi connectivity index (χ1) is 11.1. The monoisotopic (exact) mass is 311 g/mol. The summed E-state index contributed by atoms with van der Waals surface area (Å²) in [7, 11) is 1.65. The molecule has 2 aromatic carbocycles. The number of hydrogen-bond acceptors (Lipinski definition) is 2. The Morgan fingerprint density at radius 3 is 2.39 bits per heavy atom. The van der Waals surface area contributed by atoms with E-state index in [1.165, 1.54) is 11.1 Å². The molecule has 122 valence electrons. The third-order valence-corrected chi connectivity index (χ3v) is 4.05. The lowest BCUT2D eigenvalue weighted by Crippen LogP contribution is -2.27. The van der Waals surface area contributed by atoms with Crippen molar-refractivity contribution >= 4 is 5.91 Å². The quantitative estimate of drug-likeness (QED) is 0.837. The molecule has 0 aliphatic heterocycles. The van der Waals surface area contributed by atoms with Crippen molar-refractivity contribution in [3.05, 3.63) is 65.2 Å². The highest BCUT2D eigenvalue weighted by molar-refractivity contribution is 5.76. The van der Waals surface area contributed by atoms with E-state index in [2.05, 4.69) is 36.5 Å². The zero-order valence-corrected chi connectivity index (χ0v) is 14.1. The molecule has 0 heterocycles. The van der Waals surface area contributed by atoms with E-state index in [9.17, 15) is 4.79 Å². The van der Waals surface area contributed by atoms with Crippen LogP contribution in [0.2, 0.25) is 0 Å². The maximum Gasteiger partial charge on any atom is 0.220 e. The third kappa shape index (κ3) is 4.85. The maximum atomic E-state index is 12.2. The molecule has 0 radical (unpaired) electrons. The predicted molar refractivity (Wildman–Crippen MR) is 93.7 cm³/mol. The molecule has 0 aliphatic carbocycles. The van der Waals surface area contributed by atoms with Crippen molar-refractivity contribution in [2.24, 2.45) is 0 Å². The summed E-state index contributed by atoms with van der Waals surface area (Å²) in [5.74, 6) is 0.860. The number of para-hydroxylation sites is 1. The van der Waals surface area contributed by atoms with Crippen LogP contribution >= 0.6 is 0 Å². The van der Waals surface area contributed by atoms with Crippen molar-refractivity contribution in [2.45, 2.75) is 39.2 Å². The van der Waals surface area contributed by atoms with Gasteiger partial charge in [0.2, 0.25) is 5.91 Å². The number of amides is 1. The molecule has 3 heteroatoms. The SMILES string of the molecule is CCc1ccc(CCC(=O)N[C@H](C)c2ccccc2OC)cc1. The van der Waals surface area contributed by atoms with Crippen molar-refractivity contribution in [3.8, 4) is 5.75 Å². The summed E-state index contributed by atoms with van der Waals surface area (Å²) >= 11 is 0. The van der Waals surface area contributed by atoms with Crippen LogP contribution in [0.4, 0.5) is 0 Å². The van der Waals surface area contributed by atoms with Crippen molar-refractivity contribution < 1.29 is 9.53 Å². The minimum atomic E-state index is -0.0684. The van der Waals surface area contributed by atoms with Crippen LogP contribution in [0.5, 0.6) is 5.75 Å². The van der Waals surface area contributed by atoms with Crippen LogP contribution in [0.15, 0.2) is 48.5 Å². The van der Waals surface area contributed by atoms with E-state index in [1.807, 2.05) is 31.2 Å². The maximum absolute atomic E-state index is 12.2. The van der Waals surface area contributed by atoms with Gasteiger partial charge in [0.05, 0.1) is 13.2 Å². The van der Waals surface area contributed by atoms with Crippen molar-refractivity contribution in [3.63, 3.8) is 0 Å². The highest BCUT2D eigenvalue weighted by Gasteiger charge is 2.13. The fraction of sp³-hybridized carbons (Fsp3) is 0.350. The van der Waals surface area contributed by atoms with Crippen LogP contribution in [-0.4, -0.2) is 13.0 Å². The first kappa shape index (κ1) is 17.1. The van der Waals surface area contributed by atoms with Crippen molar-refractivity contribution in [1.82, 2.24) is 5.32 Å². The Bertz CT molecular complexity index is 634. The molecule has 0 bridgehead atoms. The number of carbonyl (C=O) groups excluding carboxylic acids is 1. The summed E-state index contributed by atoms with van der Waals surface area (Å²) in [6.45, 7) is 4.12. The van der Waals surface area contributed by atoms with Crippen LogP contribution in [0.3, 0.4) is 0 Å². The van der Waals surface area contributed by atoms with Gasteiger partial charge in [0, 0.05) is 12.0 Å². The zero-order chi connectivity index (χ0) is 16.7. The van der Waals surface area contributed by atoms with E-state index >= 15 is 0 Å². The number of hydrogen-bond donors (Lipinski definition) is 1. The molecule has 0 saturated heterocycles. The van der Waals surface area contributed by atoms with E-state index in [-0.39, 0.29) is 11.9 Å². The van der Waals surface area contributed by atoms with E-state index in [4.69, 9.17) is 4.74 Å². The standard InChI is InChI=1S/C20H25NO2/c1-4-16-9-11-17(12-10-16)13-14-20(22)21-15(2)18-7-5-6-8-19(18)23-3/h5-12,15H,4,13-14H2,1-3H3,(H,21,22)/t15-/m1/s1. The van der Waals surface area contributed by atoms with Crippen LogP contribution in [-0.2, 0) is 17.6 Å². The van der Waals surface area contributed by atoms with Crippen LogP contribution in [0.1, 0.15) is 43.0 Å². The van der Waals surface area contributed by atoms with Gasteiger partial charge in [-0.1, -0.05) is 49.4 Å². The molecule has 0 unspecified atom stereocenters. The molecular weight excluding hydrogens is 286 g/mol. The van der Waals surface area contributed by atoms with Gasteiger partial charge in [0.15, 0.2) is 0 Å². The Balaban J connectivity index is 1.88. The molecule has 2 rings (SSSR count). The lowest BCUT2D eigenvalue weighted by molar-refractivity contribution is -0.121. The summed E-state index contributed by atoms with van der Waals surface area (Å²) < 4.78 is 5.35. The van der Waals surface area contributed by atoms with Crippen molar-refractivity contribution in [1.29, 1.82) is 0 Å². The Labute approximate surface area is 138 Å². The van der Waals surface area contributed by atoms with Gasteiger partial charge < -0.3 is 10.1 Å². The Morgan fingerprint density at radius 1 is 1.09 bits per heavy atom. The minimum Gasteiger partial charge on any atom is -0.496 e. The molecule has 1 atom stereocenters. The molecule has 1 amide bonds. The molecule has 3 nitrogen and oxygen atoms in total. The third-order valence-electron chi connectivity index (χ3n) is 4.05. The Hall–Kier alpha value is -2.29. The summed E-state index contributed by atoms with van der Waals surface area (Å²) in [4.78, 5) is 12.2. The largest absolute Gasteiger partial charge is 0.496 e.